The van der Waals surface area contributed by atoms with Gasteiger partial charge in [-0.05, 0) is 133 Å². The molecule has 2 aliphatic heterocycles. The lowest BCUT2D eigenvalue weighted by Gasteiger charge is -2.11. The number of carboxylic acid groups (broad SMARTS) is 1. The second kappa shape index (κ2) is 28.1. The van der Waals surface area contributed by atoms with Crippen molar-refractivity contribution >= 4 is 105 Å². The minimum Gasteiger partial charge on any atom is -0.487 e. The van der Waals surface area contributed by atoms with Gasteiger partial charge in [0, 0.05) is 119 Å². The van der Waals surface area contributed by atoms with Crippen molar-refractivity contribution < 1.29 is 38.6 Å². The summed E-state index contributed by atoms with van der Waals surface area (Å²) in [7, 11) is 11.5. The summed E-state index contributed by atoms with van der Waals surface area (Å²) in [6.45, 7) is 3.98. The maximum absolute atomic E-state index is 12.3. The maximum atomic E-state index is 12.3. The van der Waals surface area contributed by atoms with Gasteiger partial charge >= 0.3 is 5.97 Å². The average Bonchev–Trinajstić information content (AvgIpc) is 4.29. The number of nitrogens with two attached hydrogens (primary N) is 1. The molecule has 4 N–H and O–H groups in total. The first kappa shape index (κ1) is 59.5. The molecule has 2 aliphatic rings. The van der Waals surface area contributed by atoms with Crippen LogP contribution in [-0.2, 0) is 22.4 Å². The highest BCUT2D eigenvalue weighted by Gasteiger charge is 2.27. The Morgan fingerprint density at radius 3 is 1.44 bits per heavy atom. The van der Waals surface area contributed by atoms with Crippen LogP contribution in [0.1, 0.15) is 65.8 Å². The number of carboxylic acids is 1. The van der Waals surface area contributed by atoms with Crippen LogP contribution in [0.4, 0.5) is 17.5 Å². The number of pyridine rings is 3. The number of aromatic nitrogens is 3. The van der Waals surface area contributed by atoms with Gasteiger partial charge in [-0.25, -0.2) is 19.7 Å². The number of halogens is 2. The standard InChI is InChI=1S/C25H24ClN3O3S.C15H14ClNO2S.C10H12N2O2.C8H10N2O/c1-15(30)21-6-7-22(33-21)17-10-18-11-19(32-25(18)20(26)12-17)14-28-24(31)9-5-16-4-8-23(27-13-16)29(2)3;1-8(18)13-2-3-14(20-13)9-4-10-5-11(7-17)19-15(10)12(16)6-9;1-12(2)9-5-3-8(7-11-9)4-6-10(13)14;1-10(2)8-4-3-7(6-11)5-9-8/h4-10,12-13,19H,11,14H2,1-3H3,(H,28,31);2-4,6,11H,5,7,17H2,1H3;3-7H,1-2H3,(H,13,14);3-6H,1-2H3/b9-5+;;6-4+;. The first-order valence-electron chi connectivity index (χ1n) is 24.3. The molecule has 78 heavy (non-hydrogen) atoms. The highest BCUT2D eigenvalue weighted by molar-refractivity contribution is 7.17. The fourth-order valence-corrected chi connectivity index (χ4v) is 9.88. The topological polar surface area (TPSA) is 210 Å². The molecule has 0 fully saturated rings. The van der Waals surface area contributed by atoms with Gasteiger partial charge in [0.25, 0.3) is 0 Å². The van der Waals surface area contributed by atoms with Crippen molar-refractivity contribution in [3.05, 3.63) is 163 Å². The normalized spacial score (nSPS) is 13.7. The number of aliphatic carboxylic acids is 1. The average molecular weight is 1130 g/mol. The quantitative estimate of drug-likeness (QED) is 0.0495. The van der Waals surface area contributed by atoms with Crippen LogP contribution in [0.25, 0.3) is 33.0 Å². The molecule has 16 nitrogen and oxygen atoms in total. The second-order valence-electron chi connectivity index (χ2n) is 18.4. The summed E-state index contributed by atoms with van der Waals surface area (Å²) < 4.78 is 11.7. The number of benzene rings is 2. The molecular formula is C58H60Cl2N8O8S2. The number of thiophene rings is 2. The molecule has 9 rings (SSSR count). The molecular weight excluding hydrogens is 1070 g/mol. The van der Waals surface area contributed by atoms with E-state index in [4.69, 9.17) is 43.5 Å². The van der Waals surface area contributed by atoms with Gasteiger partial charge in [0.1, 0.15) is 41.2 Å². The number of ketones is 2. The Labute approximate surface area is 471 Å². The van der Waals surface area contributed by atoms with Crippen LogP contribution in [0.15, 0.2) is 116 Å². The Kier molecular flexibility index (Phi) is 21.4. The lowest BCUT2D eigenvalue weighted by Crippen LogP contribution is -2.33. The Morgan fingerprint density at radius 1 is 0.641 bits per heavy atom. The largest absolute Gasteiger partial charge is 0.487 e. The molecule has 0 aliphatic carbocycles. The van der Waals surface area contributed by atoms with Crippen LogP contribution >= 0.6 is 45.9 Å². The second-order valence-corrected chi connectivity index (χ2v) is 21.3. The summed E-state index contributed by atoms with van der Waals surface area (Å²) in [5.74, 6) is 2.94. The lowest BCUT2D eigenvalue weighted by atomic mass is 10.1. The number of nitrogens with one attached hydrogen (secondary N) is 1. The van der Waals surface area contributed by atoms with Gasteiger partial charge in [-0.15, -0.1) is 22.7 Å². The third-order valence-corrected chi connectivity index (χ3v) is 14.6. The molecule has 7 heterocycles. The van der Waals surface area contributed by atoms with E-state index in [1.807, 2.05) is 130 Å². The minimum atomic E-state index is -0.957. The molecule has 0 radical (unpaired) electrons. The van der Waals surface area contributed by atoms with Gasteiger partial charge in [-0.2, -0.15) is 0 Å². The SMILES string of the molecule is CC(=O)c1ccc(-c2cc(Cl)c3c(c2)CC(CN)O3)s1.CC(=O)c1ccc(-c2cc(Cl)c3c(c2)CC(CNC(=O)/C=C/c2ccc(N(C)C)nc2)O3)s1.CN(C)c1ccc(/C=C/C(=O)O)cn1.CN(C)c1ccc(C=O)cn1. The van der Waals surface area contributed by atoms with E-state index in [1.54, 1.807) is 44.6 Å². The van der Waals surface area contributed by atoms with Crippen LogP contribution in [-0.4, -0.2) is 117 Å². The molecule has 0 bridgehead atoms. The number of ether oxygens (including phenoxy) is 2. The van der Waals surface area contributed by atoms with E-state index in [-0.39, 0.29) is 29.7 Å². The fourth-order valence-electron chi connectivity index (χ4n) is 7.54. The molecule has 20 heteroatoms. The van der Waals surface area contributed by atoms with Crippen molar-refractivity contribution in [2.45, 2.75) is 38.9 Å². The van der Waals surface area contributed by atoms with Gasteiger partial charge in [0.05, 0.1) is 26.3 Å². The number of aldehydes is 1. The highest BCUT2D eigenvalue weighted by Crippen LogP contribution is 2.42. The Morgan fingerprint density at radius 2 is 1.06 bits per heavy atom. The third-order valence-electron chi connectivity index (χ3n) is 11.6. The molecule has 2 atom stereocenters. The summed E-state index contributed by atoms with van der Waals surface area (Å²) in [4.78, 5) is 77.4. The van der Waals surface area contributed by atoms with E-state index in [9.17, 15) is 24.0 Å². The molecule has 1 amide bonds. The number of carbonyl (C=O) groups is 5. The molecule has 0 spiro atoms. The van der Waals surface area contributed by atoms with E-state index < -0.39 is 5.97 Å². The van der Waals surface area contributed by atoms with E-state index in [1.165, 1.54) is 34.8 Å². The van der Waals surface area contributed by atoms with E-state index >= 15 is 0 Å². The molecule has 406 valence electrons. The van der Waals surface area contributed by atoms with E-state index in [0.717, 1.165) is 94.9 Å². The number of hydrogen-bond donors (Lipinski definition) is 3. The molecule has 2 aromatic carbocycles. The zero-order chi connectivity index (χ0) is 56.6. The molecule has 2 unspecified atom stereocenters. The number of anilines is 3. The van der Waals surface area contributed by atoms with Crippen LogP contribution in [0.5, 0.6) is 11.5 Å². The number of fused-ring (bicyclic) bond motifs is 2. The van der Waals surface area contributed by atoms with Gasteiger partial charge < -0.3 is 40.3 Å². The van der Waals surface area contributed by atoms with Crippen molar-refractivity contribution in [1.29, 1.82) is 0 Å². The first-order chi connectivity index (χ1) is 37.2. The van der Waals surface area contributed by atoms with E-state index in [0.29, 0.717) is 40.9 Å². The Hall–Kier alpha value is -7.74. The minimum absolute atomic E-state index is 0.00821. The van der Waals surface area contributed by atoms with Gasteiger partial charge in [-0.3, -0.25) is 19.2 Å². The smallest absolute Gasteiger partial charge is 0.328 e. The van der Waals surface area contributed by atoms with Crippen LogP contribution in [0.2, 0.25) is 10.0 Å². The molecule has 5 aromatic heterocycles. The zero-order valence-corrected chi connectivity index (χ0v) is 47.5. The number of rotatable bonds is 15. The van der Waals surface area contributed by atoms with Gasteiger partial charge in [-0.1, -0.05) is 23.2 Å². The van der Waals surface area contributed by atoms with Crippen LogP contribution in [0, 0.1) is 0 Å². The summed E-state index contributed by atoms with van der Waals surface area (Å²) in [6, 6.07) is 26.5. The van der Waals surface area contributed by atoms with Gasteiger partial charge in [0.2, 0.25) is 5.91 Å². The van der Waals surface area contributed by atoms with Gasteiger partial charge in [0.15, 0.2) is 17.9 Å². The summed E-state index contributed by atoms with van der Waals surface area (Å²) in [6.07, 6.45) is 12.8. The van der Waals surface area contributed by atoms with Crippen molar-refractivity contribution in [2.75, 3.05) is 70.1 Å². The number of amides is 1. The summed E-state index contributed by atoms with van der Waals surface area (Å²) in [5.41, 5.74) is 11.9. The number of Topliss-reactive ketones (excluding diaryl/α,β-unsaturated/α-hetero) is 2. The number of hydrogen-bond acceptors (Lipinski definition) is 16. The van der Waals surface area contributed by atoms with Crippen molar-refractivity contribution in [3.8, 4) is 32.4 Å². The molecule has 0 saturated heterocycles. The Bertz CT molecular complexity index is 3290. The number of carbonyl (C=O) groups excluding carboxylic acids is 4. The third kappa shape index (κ3) is 16.9. The van der Waals surface area contributed by atoms with Crippen molar-refractivity contribution in [1.82, 2.24) is 20.3 Å². The van der Waals surface area contributed by atoms with Crippen molar-refractivity contribution in [2.24, 2.45) is 5.73 Å². The van der Waals surface area contributed by atoms with Crippen LogP contribution < -0.4 is 35.2 Å². The first-order valence-corrected chi connectivity index (χ1v) is 26.7. The summed E-state index contributed by atoms with van der Waals surface area (Å²) >= 11 is 15.7. The van der Waals surface area contributed by atoms with Crippen molar-refractivity contribution in [3.63, 3.8) is 0 Å². The Balaban J connectivity index is 0.000000185. The van der Waals surface area contributed by atoms with Crippen LogP contribution in [0.3, 0.4) is 0 Å². The fraction of sp³-hybridized carbons (Fsp3) is 0.241. The van der Waals surface area contributed by atoms with E-state index in [2.05, 4.69) is 26.3 Å². The molecule has 7 aromatic rings. The lowest BCUT2D eigenvalue weighted by molar-refractivity contribution is -0.131. The summed E-state index contributed by atoms with van der Waals surface area (Å²) in [5, 5.41) is 12.4. The zero-order valence-electron chi connectivity index (χ0n) is 44.3. The molecule has 0 saturated carbocycles. The predicted molar refractivity (Wildman–Crippen MR) is 315 cm³/mol. The monoisotopic (exact) mass is 1130 g/mol. The highest BCUT2D eigenvalue weighted by atomic mass is 35.5. The number of nitrogens with zero attached hydrogens (tertiary/aromatic N) is 6. The maximum Gasteiger partial charge on any atom is 0.328 e. The predicted octanol–water partition coefficient (Wildman–Crippen LogP) is 10.6.